The fourth-order valence-corrected chi connectivity index (χ4v) is 4.24. The van der Waals surface area contributed by atoms with E-state index >= 15 is 0 Å². The Morgan fingerprint density at radius 2 is 1.70 bits per heavy atom. The highest BCUT2D eigenvalue weighted by Crippen LogP contribution is 2.46. The summed E-state index contributed by atoms with van der Waals surface area (Å²) in [4.78, 5) is 14.8. The van der Waals surface area contributed by atoms with Gasteiger partial charge in [-0.15, -0.1) is 0 Å². The third-order valence-electron chi connectivity index (χ3n) is 5.36. The van der Waals surface area contributed by atoms with Crippen molar-refractivity contribution in [2.75, 3.05) is 13.1 Å². The molecule has 23 heavy (non-hydrogen) atoms. The third kappa shape index (κ3) is 2.77. The lowest BCUT2D eigenvalue weighted by Crippen LogP contribution is -2.23. The van der Waals surface area contributed by atoms with Crippen LogP contribution in [0.2, 0.25) is 0 Å². The van der Waals surface area contributed by atoms with Crippen molar-refractivity contribution in [2.45, 2.75) is 18.9 Å². The van der Waals surface area contributed by atoms with Gasteiger partial charge < -0.3 is 5.11 Å². The fraction of sp³-hybridized carbons (Fsp3) is 0.350. The number of ketones is 1. The Kier molecular flexibility index (Phi) is 3.66. The molecule has 0 amide bonds. The number of hydrogen-bond donors (Lipinski definition) is 1. The van der Waals surface area contributed by atoms with E-state index in [9.17, 15) is 9.90 Å². The van der Waals surface area contributed by atoms with Gasteiger partial charge in [0.05, 0.1) is 0 Å². The monoisotopic (exact) mass is 307 g/mol. The molecule has 1 saturated heterocycles. The second-order valence-corrected chi connectivity index (χ2v) is 6.82. The molecule has 2 aromatic rings. The molecule has 2 aromatic carbocycles. The van der Waals surface area contributed by atoms with Crippen molar-refractivity contribution in [2.24, 2.45) is 11.8 Å². The van der Waals surface area contributed by atoms with Gasteiger partial charge in [-0.25, -0.2) is 0 Å². The van der Waals surface area contributed by atoms with Gasteiger partial charge in [0.2, 0.25) is 0 Å². The summed E-state index contributed by atoms with van der Waals surface area (Å²) in [6.45, 7) is 2.78. The van der Waals surface area contributed by atoms with Crippen LogP contribution in [0.5, 0.6) is 5.75 Å². The summed E-state index contributed by atoms with van der Waals surface area (Å²) in [6, 6.07) is 17.8. The molecule has 0 spiro atoms. The molecule has 0 aromatic heterocycles. The van der Waals surface area contributed by atoms with Crippen molar-refractivity contribution < 1.29 is 9.90 Å². The summed E-state index contributed by atoms with van der Waals surface area (Å²) in [5.41, 5.74) is 2.49. The lowest BCUT2D eigenvalue weighted by Gasteiger charge is -2.20. The first kappa shape index (κ1) is 14.5. The van der Waals surface area contributed by atoms with E-state index in [0.717, 1.165) is 19.6 Å². The number of Topliss-reactive ketones (excluding diaryl/α,β-unsaturated/α-hetero) is 1. The second-order valence-electron chi connectivity index (χ2n) is 6.82. The van der Waals surface area contributed by atoms with Crippen LogP contribution in [0.15, 0.2) is 54.6 Å². The number of aromatic hydroxyl groups is 1. The molecule has 0 radical (unpaired) electrons. The van der Waals surface area contributed by atoms with Crippen LogP contribution in [-0.2, 0) is 11.3 Å². The zero-order valence-corrected chi connectivity index (χ0v) is 13.1. The quantitative estimate of drug-likeness (QED) is 0.946. The zero-order chi connectivity index (χ0) is 15.8. The van der Waals surface area contributed by atoms with Crippen molar-refractivity contribution in [3.8, 4) is 5.75 Å². The molecule has 1 saturated carbocycles. The second kappa shape index (κ2) is 5.82. The topological polar surface area (TPSA) is 40.5 Å². The van der Waals surface area contributed by atoms with E-state index < -0.39 is 0 Å². The standard InChI is InChI=1S/C20H21NO2/c22-16-8-6-15(7-9-16)17-10-20(23)19-13-21(12-18(17)19)11-14-4-2-1-3-5-14/h1-9,17-19,22H,10-13H2. The molecule has 1 N–H and O–H groups in total. The van der Waals surface area contributed by atoms with Crippen LogP contribution < -0.4 is 0 Å². The number of benzene rings is 2. The molecule has 1 aliphatic carbocycles. The van der Waals surface area contributed by atoms with Crippen LogP contribution in [0.3, 0.4) is 0 Å². The summed E-state index contributed by atoms with van der Waals surface area (Å²) in [5.74, 6) is 1.58. The molecule has 2 aliphatic rings. The van der Waals surface area contributed by atoms with Gasteiger partial charge in [0, 0.05) is 32.0 Å². The Hall–Kier alpha value is -2.13. The predicted molar refractivity (Wildman–Crippen MR) is 89.2 cm³/mol. The summed E-state index contributed by atoms with van der Waals surface area (Å²) >= 11 is 0. The molecule has 118 valence electrons. The summed E-state index contributed by atoms with van der Waals surface area (Å²) in [7, 11) is 0. The Bertz CT molecular complexity index is 695. The van der Waals surface area contributed by atoms with Crippen molar-refractivity contribution in [1.82, 2.24) is 4.90 Å². The number of nitrogens with zero attached hydrogens (tertiary/aromatic N) is 1. The van der Waals surface area contributed by atoms with Crippen molar-refractivity contribution in [1.29, 1.82) is 0 Å². The van der Waals surface area contributed by atoms with E-state index in [1.807, 2.05) is 18.2 Å². The van der Waals surface area contributed by atoms with E-state index in [-0.39, 0.29) is 11.7 Å². The number of rotatable bonds is 3. The molecule has 3 unspecified atom stereocenters. The summed E-state index contributed by atoms with van der Waals surface area (Å²) < 4.78 is 0. The van der Waals surface area contributed by atoms with Crippen LogP contribution in [0.4, 0.5) is 0 Å². The minimum absolute atomic E-state index is 0.178. The Morgan fingerprint density at radius 1 is 0.957 bits per heavy atom. The largest absolute Gasteiger partial charge is 0.508 e. The normalized spacial score (nSPS) is 27.3. The number of carbonyl (C=O) groups is 1. The van der Waals surface area contributed by atoms with Gasteiger partial charge in [-0.05, 0) is 35.1 Å². The summed E-state index contributed by atoms with van der Waals surface area (Å²) in [6.07, 6.45) is 0.652. The van der Waals surface area contributed by atoms with Gasteiger partial charge in [0.25, 0.3) is 0 Å². The highest BCUT2D eigenvalue weighted by molar-refractivity contribution is 5.85. The number of carbonyl (C=O) groups excluding carboxylic acids is 1. The van der Waals surface area contributed by atoms with Crippen molar-refractivity contribution in [3.63, 3.8) is 0 Å². The molecule has 1 aliphatic heterocycles. The molecule has 3 heteroatoms. The molecule has 3 nitrogen and oxygen atoms in total. The van der Waals surface area contributed by atoms with Crippen LogP contribution in [-0.4, -0.2) is 28.9 Å². The van der Waals surface area contributed by atoms with E-state index in [2.05, 4.69) is 29.2 Å². The molecule has 1 heterocycles. The lowest BCUT2D eigenvalue weighted by molar-refractivity contribution is -0.120. The van der Waals surface area contributed by atoms with Gasteiger partial charge in [-0.3, -0.25) is 9.69 Å². The highest BCUT2D eigenvalue weighted by Gasteiger charge is 2.48. The van der Waals surface area contributed by atoms with Crippen LogP contribution in [0.25, 0.3) is 0 Å². The Morgan fingerprint density at radius 3 is 2.43 bits per heavy atom. The molecule has 4 rings (SSSR count). The minimum atomic E-state index is 0.178. The van der Waals surface area contributed by atoms with E-state index in [1.54, 1.807) is 12.1 Å². The molecule has 0 bridgehead atoms. The number of phenolic OH excluding ortho intramolecular Hbond substituents is 1. The summed E-state index contributed by atoms with van der Waals surface area (Å²) in [5, 5.41) is 9.47. The lowest BCUT2D eigenvalue weighted by atomic mass is 9.87. The first-order valence-corrected chi connectivity index (χ1v) is 8.28. The Balaban J connectivity index is 1.51. The maximum atomic E-state index is 12.4. The average molecular weight is 307 g/mol. The SMILES string of the molecule is O=C1CC(c2ccc(O)cc2)C2CN(Cc3ccccc3)CC12. The fourth-order valence-electron chi connectivity index (χ4n) is 4.24. The minimum Gasteiger partial charge on any atom is -0.508 e. The van der Waals surface area contributed by atoms with Crippen LogP contribution >= 0.6 is 0 Å². The van der Waals surface area contributed by atoms with E-state index in [0.29, 0.717) is 24.0 Å². The van der Waals surface area contributed by atoms with Gasteiger partial charge in [-0.1, -0.05) is 42.5 Å². The molecule has 3 atom stereocenters. The van der Waals surface area contributed by atoms with Gasteiger partial charge in [0.1, 0.15) is 11.5 Å². The van der Waals surface area contributed by atoms with Gasteiger partial charge in [0.15, 0.2) is 0 Å². The Labute approximate surface area is 136 Å². The molecular formula is C20H21NO2. The third-order valence-corrected chi connectivity index (χ3v) is 5.36. The maximum Gasteiger partial charge on any atom is 0.138 e. The smallest absolute Gasteiger partial charge is 0.138 e. The zero-order valence-electron chi connectivity index (χ0n) is 13.1. The molecule has 2 fully saturated rings. The van der Waals surface area contributed by atoms with Crippen LogP contribution in [0, 0.1) is 11.8 Å². The van der Waals surface area contributed by atoms with Gasteiger partial charge in [-0.2, -0.15) is 0 Å². The maximum absolute atomic E-state index is 12.4. The van der Waals surface area contributed by atoms with Gasteiger partial charge >= 0.3 is 0 Å². The first-order chi connectivity index (χ1) is 11.2. The van der Waals surface area contributed by atoms with Crippen molar-refractivity contribution >= 4 is 5.78 Å². The molecular weight excluding hydrogens is 286 g/mol. The number of phenols is 1. The number of likely N-dealkylation sites (tertiary alicyclic amines) is 1. The predicted octanol–water partition coefficient (Wildman–Crippen LogP) is 3.20. The highest BCUT2D eigenvalue weighted by atomic mass is 16.3. The first-order valence-electron chi connectivity index (χ1n) is 8.28. The number of fused-ring (bicyclic) bond motifs is 1. The van der Waals surface area contributed by atoms with E-state index in [4.69, 9.17) is 0 Å². The van der Waals surface area contributed by atoms with E-state index in [1.165, 1.54) is 11.1 Å². The van der Waals surface area contributed by atoms with Crippen molar-refractivity contribution in [3.05, 3.63) is 65.7 Å². The number of hydrogen-bond acceptors (Lipinski definition) is 3. The van der Waals surface area contributed by atoms with Crippen LogP contribution in [0.1, 0.15) is 23.5 Å². The average Bonchev–Trinajstić information content (AvgIpc) is 3.10.